The molecule has 1 atom stereocenters. The van der Waals surface area contributed by atoms with Crippen molar-refractivity contribution in [2.24, 2.45) is 7.05 Å². The lowest BCUT2D eigenvalue weighted by Gasteiger charge is -2.16. The molecule has 0 bridgehead atoms. The SMILES string of the molecule is CO[C@H](CNCc1nc2ccccc2n1C)c1ccccc1. The standard InChI is InChI=1S/C18H21N3O/c1-21-16-11-7-6-10-15(16)20-18(21)13-19-12-17(22-2)14-8-4-3-5-9-14/h3-11,17,19H,12-13H2,1-2H3/t17-/m1/s1. The van der Waals surface area contributed by atoms with Crippen molar-refractivity contribution >= 4 is 11.0 Å². The summed E-state index contributed by atoms with van der Waals surface area (Å²) in [5, 5.41) is 3.44. The number of aromatic nitrogens is 2. The molecule has 114 valence electrons. The molecule has 0 aliphatic rings. The molecule has 4 nitrogen and oxygen atoms in total. The Morgan fingerprint density at radius 2 is 1.82 bits per heavy atom. The van der Waals surface area contributed by atoms with Crippen molar-refractivity contribution in [1.29, 1.82) is 0 Å². The van der Waals surface area contributed by atoms with E-state index in [4.69, 9.17) is 4.74 Å². The van der Waals surface area contributed by atoms with E-state index in [1.165, 1.54) is 5.56 Å². The second-order valence-corrected chi connectivity index (χ2v) is 5.34. The number of rotatable bonds is 6. The molecule has 1 N–H and O–H groups in total. The molecule has 0 radical (unpaired) electrons. The zero-order chi connectivity index (χ0) is 15.4. The summed E-state index contributed by atoms with van der Waals surface area (Å²) in [4.78, 5) is 4.67. The molecule has 0 spiro atoms. The van der Waals surface area contributed by atoms with Crippen LogP contribution in [0.25, 0.3) is 11.0 Å². The predicted octanol–water partition coefficient (Wildman–Crippen LogP) is 3.05. The third-order valence-electron chi connectivity index (χ3n) is 3.95. The summed E-state index contributed by atoms with van der Waals surface area (Å²) in [7, 11) is 3.80. The number of aryl methyl sites for hydroxylation is 1. The Labute approximate surface area is 130 Å². The van der Waals surface area contributed by atoms with Gasteiger partial charge in [-0.3, -0.25) is 0 Å². The van der Waals surface area contributed by atoms with Crippen molar-refractivity contribution in [1.82, 2.24) is 14.9 Å². The third-order valence-corrected chi connectivity index (χ3v) is 3.95. The summed E-state index contributed by atoms with van der Waals surface area (Å²) in [6.45, 7) is 1.47. The molecule has 1 aromatic heterocycles. The number of hydrogen-bond acceptors (Lipinski definition) is 3. The van der Waals surface area contributed by atoms with Gasteiger partial charge in [-0.1, -0.05) is 42.5 Å². The minimum absolute atomic E-state index is 0.0517. The van der Waals surface area contributed by atoms with E-state index >= 15 is 0 Å². The number of imidazole rings is 1. The Bertz CT molecular complexity index is 736. The molecule has 22 heavy (non-hydrogen) atoms. The number of nitrogens with zero attached hydrogens (tertiary/aromatic N) is 2. The van der Waals surface area contributed by atoms with Crippen LogP contribution in [0.3, 0.4) is 0 Å². The Morgan fingerprint density at radius 1 is 1.09 bits per heavy atom. The first-order valence-corrected chi connectivity index (χ1v) is 7.48. The fraction of sp³-hybridized carbons (Fsp3) is 0.278. The molecule has 3 rings (SSSR count). The molecule has 3 aromatic rings. The van der Waals surface area contributed by atoms with Gasteiger partial charge in [0.15, 0.2) is 0 Å². The van der Waals surface area contributed by atoms with Crippen molar-refractivity contribution in [3.63, 3.8) is 0 Å². The maximum Gasteiger partial charge on any atom is 0.123 e. The van der Waals surface area contributed by atoms with Crippen LogP contribution in [0.1, 0.15) is 17.5 Å². The lowest BCUT2D eigenvalue weighted by Crippen LogP contribution is -2.23. The minimum atomic E-state index is 0.0517. The normalized spacial score (nSPS) is 12.6. The molecular formula is C18H21N3O. The van der Waals surface area contributed by atoms with Crippen molar-refractivity contribution in [2.75, 3.05) is 13.7 Å². The van der Waals surface area contributed by atoms with Gasteiger partial charge in [0, 0.05) is 20.7 Å². The van der Waals surface area contributed by atoms with E-state index in [2.05, 4.69) is 40.1 Å². The predicted molar refractivity (Wildman–Crippen MR) is 88.6 cm³/mol. The number of benzene rings is 2. The average molecular weight is 295 g/mol. The topological polar surface area (TPSA) is 39.1 Å². The maximum absolute atomic E-state index is 5.57. The number of methoxy groups -OCH3 is 1. The summed E-state index contributed by atoms with van der Waals surface area (Å²) in [5.41, 5.74) is 3.38. The summed E-state index contributed by atoms with van der Waals surface area (Å²) in [6.07, 6.45) is 0.0517. The highest BCUT2D eigenvalue weighted by atomic mass is 16.5. The van der Waals surface area contributed by atoms with Crippen molar-refractivity contribution in [3.8, 4) is 0 Å². The number of ether oxygens (including phenoxy) is 1. The van der Waals surface area contributed by atoms with Gasteiger partial charge in [-0.15, -0.1) is 0 Å². The lowest BCUT2D eigenvalue weighted by molar-refractivity contribution is 0.102. The molecule has 2 aromatic carbocycles. The summed E-state index contributed by atoms with van der Waals surface area (Å²) in [6, 6.07) is 18.5. The zero-order valence-corrected chi connectivity index (χ0v) is 13.0. The van der Waals surface area contributed by atoms with E-state index in [0.717, 1.165) is 29.9 Å². The quantitative estimate of drug-likeness (QED) is 0.759. The van der Waals surface area contributed by atoms with Crippen LogP contribution in [-0.2, 0) is 18.3 Å². The van der Waals surface area contributed by atoms with E-state index in [0.29, 0.717) is 0 Å². The first kappa shape index (κ1) is 14.8. The maximum atomic E-state index is 5.57. The Kier molecular flexibility index (Phi) is 4.51. The average Bonchev–Trinajstić information content (AvgIpc) is 2.89. The van der Waals surface area contributed by atoms with Crippen molar-refractivity contribution < 1.29 is 4.74 Å². The summed E-state index contributed by atoms with van der Waals surface area (Å²) >= 11 is 0. The fourth-order valence-electron chi connectivity index (χ4n) is 2.67. The molecule has 0 saturated heterocycles. The molecule has 0 amide bonds. The van der Waals surface area contributed by atoms with Gasteiger partial charge in [0.2, 0.25) is 0 Å². The molecule has 4 heteroatoms. The second kappa shape index (κ2) is 6.73. The van der Waals surface area contributed by atoms with E-state index in [-0.39, 0.29) is 6.10 Å². The first-order valence-electron chi connectivity index (χ1n) is 7.48. The molecule has 0 fully saturated rings. The van der Waals surface area contributed by atoms with Gasteiger partial charge in [-0.2, -0.15) is 0 Å². The van der Waals surface area contributed by atoms with Gasteiger partial charge in [0.25, 0.3) is 0 Å². The van der Waals surface area contributed by atoms with Crippen LogP contribution >= 0.6 is 0 Å². The van der Waals surface area contributed by atoms with Crippen LogP contribution in [-0.4, -0.2) is 23.2 Å². The fourth-order valence-corrected chi connectivity index (χ4v) is 2.67. The largest absolute Gasteiger partial charge is 0.375 e. The first-order chi connectivity index (χ1) is 10.8. The highest BCUT2D eigenvalue weighted by Gasteiger charge is 2.11. The molecule has 0 aliphatic heterocycles. The smallest absolute Gasteiger partial charge is 0.123 e. The van der Waals surface area contributed by atoms with Crippen LogP contribution in [0.2, 0.25) is 0 Å². The Balaban J connectivity index is 1.65. The van der Waals surface area contributed by atoms with E-state index in [1.807, 2.05) is 36.4 Å². The highest BCUT2D eigenvalue weighted by Crippen LogP contribution is 2.16. The monoisotopic (exact) mass is 295 g/mol. The summed E-state index contributed by atoms with van der Waals surface area (Å²) < 4.78 is 7.71. The van der Waals surface area contributed by atoms with Gasteiger partial charge < -0.3 is 14.6 Å². The van der Waals surface area contributed by atoms with Gasteiger partial charge >= 0.3 is 0 Å². The van der Waals surface area contributed by atoms with Crippen LogP contribution < -0.4 is 5.32 Å². The minimum Gasteiger partial charge on any atom is -0.375 e. The lowest BCUT2D eigenvalue weighted by atomic mass is 10.1. The van der Waals surface area contributed by atoms with Gasteiger partial charge in [-0.25, -0.2) is 4.98 Å². The Hall–Kier alpha value is -2.17. The van der Waals surface area contributed by atoms with E-state index < -0.39 is 0 Å². The van der Waals surface area contributed by atoms with Crippen molar-refractivity contribution in [3.05, 3.63) is 66.0 Å². The van der Waals surface area contributed by atoms with E-state index in [9.17, 15) is 0 Å². The van der Waals surface area contributed by atoms with Gasteiger partial charge in [0.05, 0.1) is 23.7 Å². The van der Waals surface area contributed by atoms with Gasteiger partial charge in [-0.05, 0) is 17.7 Å². The van der Waals surface area contributed by atoms with Crippen LogP contribution in [0.5, 0.6) is 0 Å². The molecule has 1 heterocycles. The van der Waals surface area contributed by atoms with Crippen LogP contribution in [0.15, 0.2) is 54.6 Å². The molecule has 0 aliphatic carbocycles. The molecule has 0 saturated carbocycles. The third kappa shape index (κ3) is 3.03. The molecule has 0 unspecified atom stereocenters. The second-order valence-electron chi connectivity index (χ2n) is 5.34. The number of para-hydroxylation sites is 2. The molecular weight excluding hydrogens is 274 g/mol. The number of fused-ring (bicyclic) bond motifs is 1. The van der Waals surface area contributed by atoms with E-state index in [1.54, 1.807) is 7.11 Å². The Morgan fingerprint density at radius 3 is 2.55 bits per heavy atom. The number of hydrogen-bond donors (Lipinski definition) is 1. The number of nitrogens with one attached hydrogen (secondary N) is 1. The van der Waals surface area contributed by atoms with Gasteiger partial charge in [0.1, 0.15) is 5.82 Å². The van der Waals surface area contributed by atoms with Crippen LogP contribution in [0.4, 0.5) is 0 Å². The van der Waals surface area contributed by atoms with Crippen LogP contribution in [0, 0.1) is 0 Å². The summed E-state index contributed by atoms with van der Waals surface area (Å²) in [5.74, 6) is 1.03. The zero-order valence-electron chi connectivity index (χ0n) is 13.0. The highest BCUT2D eigenvalue weighted by molar-refractivity contribution is 5.75. The van der Waals surface area contributed by atoms with Crippen molar-refractivity contribution in [2.45, 2.75) is 12.6 Å².